The highest BCUT2D eigenvalue weighted by Gasteiger charge is 2.19. The molecule has 0 amide bonds. The van der Waals surface area contributed by atoms with E-state index < -0.39 is 0 Å². The van der Waals surface area contributed by atoms with E-state index in [0.717, 1.165) is 32.0 Å². The SMILES string of the molecule is CC(C)c1ccc(C(N)CN2CCn3cnnc3C2)cc1. The molecule has 1 aliphatic rings. The normalized spacial score (nSPS) is 17.0. The Balaban J connectivity index is 1.62. The molecule has 3 rings (SSSR count). The van der Waals surface area contributed by atoms with Crippen molar-refractivity contribution in [2.24, 2.45) is 5.73 Å². The molecule has 2 heterocycles. The van der Waals surface area contributed by atoms with Crippen LogP contribution in [-0.2, 0) is 13.1 Å². The summed E-state index contributed by atoms with van der Waals surface area (Å²) in [5.41, 5.74) is 8.92. The first-order valence-corrected chi connectivity index (χ1v) is 7.58. The van der Waals surface area contributed by atoms with Crippen molar-refractivity contribution in [3.63, 3.8) is 0 Å². The molecule has 0 saturated carbocycles. The minimum Gasteiger partial charge on any atom is -0.323 e. The Kier molecular flexibility index (Phi) is 4.03. The molecule has 0 radical (unpaired) electrons. The highest BCUT2D eigenvalue weighted by atomic mass is 15.3. The lowest BCUT2D eigenvalue weighted by atomic mass is 9.99. The van der Waals surface area contributed by atoms with Crippen molar-refractivity contribution in [1.82, 2.24) is 19.7 Å². The number of nitrogens with zero attached hydrogens (tertiary/aromatic N) is 4. The van der Waals surface area contributed by atoms with Crippen LogP contribution in [0.15, 0.2) is 30.6 Å². The van der Waals surface area contributed by atoms with E-state index in [-0.39, 0.29) is 6.04 Å². The second kappa shape index (κ2) is 5.95. The average molecular weight is 285 g/mol. The molecule has 2 N–H and O–H groups in total. The predicted molar refractivity (Wildman–Crippen MR) is 82.8 cm³/mol. The Hall–Kier alpha value is -1.72. The lowest BCUT2D eigenvalue weighted by Crippen LogP contribution is -2.38. The molecule has 1 atom stereocenters. The summed E-state index contributed by atoms with van der Waals surface area (Å²) < 4.78 is 2.11. The van der Waals surface area contributed by atoms with E-state index >= 15 is 0 Å². The molecule has 112 valence electrons. The van der Waals surface area contributed by atoms with E-state index in [0.29, 0.717) is 5.92 Å². The van der Waals surface area contributed by atoms with E-state index in [1.54, 1.807) is 6.33 Å². The highest BCUT2D eigenvalue weighted by molar-refractivity contribution is 5.26. The maximum atomic E-state index is 6.36. The molecule has 5 nitrogen and oxygen atoms in total. The Morgan fingerprint density at radius 2 is 1.86 bits per heavy atom. The van der Waals surface area contributed by atoms with Crippen molar-refractivity contribution in [3.8, 4) is 0 Å². The topological polar surface area (TPSA) is 60.0 Å². The van der Waals surface area contributed by atoms with E-state index in [4.69, 9.17) is 5.73 Å². The maximum Gasteiger partial charge on any atom is 0.147 e. The molecule has 21 heavy (non-hydrogen) atoms. The highest BCUT2D eigenvalue weighted by Crippen LogP contribution is 2.19. The maximum absolute atomic E-state index is 6.36. The summed E-state index contributed by atoms with van der Waals surface area (Å²) in [6.45, 7) is 8.05. The smallest absolute Gasteiger partial charge is 0.147 e. The van der Waals surface area contributed by atoms with Gasteiger partial charge in [0.2, 0.25) is 0 Å². The van der Waals surface area contributed by atoms with Gasteiger partial charge in [-0.3, -0.25) is 4.90 Å². The minimum absolute atomic E-state index is 0.0423. The molecular weight excluding hydrogens is 262 g/mol. The first kappa shape index (κ1) is 14.2. The molecule has 0 spiro atoms. The first-order valence-electron chi connectivity index (χ1n) is 7.58. The largest absolute Gasteiger partial charge is 0.323 e. The molecule has 0 saturated heterocycles. The zero-order valence-electron chi connectivity index (χ0n) is 12.7. The zero-order chi connectivity index (χ0) is 14.8. The number of benzene rings is 1. The molecule has 5 heteroatoms. The van der Waals surface area contributed by atoms with Crippen molar-refractivity contribution >= 4 is 0 Å². The third-order valence-corrected chi connectivity index (χ3v) is 4.20. The molecule has 1 aliphatic heterocycles. The molecule has 0 fully saturated rings. The summed E-state index contributed by atoms with van der Waals surface area (Å²) in [5, 5.41) is 8.11. The lowest BCUT2D eigenvalue weighted by molar-refractivity contribution is 0.205. The minimum atomic E-state index is 0.0423. The third kappa shape index (κ3) is 3.14. The van der Waals surface area contributed by atoms with Gasteiger partial charge in [0.1, 0.15) is 12.2 Å². The molecular formula is C16H23N5. The second-order valence-corrected chi connectivity index (χ2v) is 6.10. The van der Waals surface area contributed by atoms with Gasteiger partial charge in [-0.1, -0.05) is 38.1 Å². The van der Waals surface area contributed by atoms with Crippen molar-refractivity contribution in [3.05, 3.63) is 47.5 Å². The fourth-order valence-corrected chi connectivity index (χ4v) is 2.78. The average Bonchev–Trinajstić information content (AvgIpc) is 2.95. The van der Waals surface area contributed by atoms with Gasteiger partial charge in [-0.25, -0.2) is 0 Å². The Morgan fingerprint density at radius 1 is 1.14 bits per heavy atom. The van der Waals surface area contributed by atoms with E-state index in [1.165, 1.54) is 11.1 Å². The van der Waals surface area contributed by atoms with Crippen molar-refractivity contribution < 1.29 is 0 Å². The van der Waals surface area contributed by atoms with Gasteiger partial charge in [-0.15, -0.1) is 10.2 Å². The Morgan fingerprint density at radius 3 is 2.57 bits per heavy atom. The second-order valence-electron chi connectivity index (χ2n) is 6.10. The van der Waals surface area contributed by atoms with Crippen LogP contribution in [0.3, 0.4) is 0 Å². The van der Waals surface area contributed by atoms with Gasteiger partial charge in [0.15, 0.2) is 0 Å². The standard InChI is InChI=1S/C16H23N5/c1-12(2)13-3-5-14(6-4-13)15(17)9-20-7-8-21-11-18-19-16(21)10-20/h3-6,11-12,15H,7-10,17H2,1-2H3. The zero-order valence-corrected chi connectivity index (χ0v) is 12.7. The van der Waals surface area contributed by atoms with Crippen LogP contribution >= 0.6 is 0 Å². The molecule has 1 aromatic carbocycles. The third-order valence-electron chi connectivity index (χ3n) is 4.20. The lowest BCUT2D eigenvalue weighted by Gasteiger charge is -2.29. The number of fused-ring (bicyclic) bond motifs is 1. The molecule has 0 aliphatic carbocycles. The van der Waals surface area contributed by atoms with E-state index in [2.05, 4.69) is 57.8 Å². The van der Waals surface area contributed by atoms with E-state index in [9.17, 15) is 0 Å². The summed E-state index contributed by atoms with van der Waals surface area (Å²) in [4.78, 5) is 2.35. The molecule has 1 aromatic heterocycles. The Bertz CT molecular complexity index is 587. The van der Waals surface area contributed by atoms with E-state index in [1.807, 2.05) is 0 Å². The molecule has 2 aromatic rings. The van der Waals surface area contributed by atoms with Crippen molar-refractivity contribution in [1.29, 1.82) is 0 Å². The summed E-state index contributed by atoms with van der Waals surface area (Å²) in [6.07, 6.45) is 1.80. The number of hydrogen-bond donors (Lipinski definition) is 1. The van der Waals surface area contributed by atoms with Crippen molar-refractivity contribution in [2.45, 2.75) is 38.9 Å². The van der Waals surface area contributed by atoms with Crippen LogP contribution in [0.5, 0.6) is 0 Å². The number of rotatable bonds is 4. The number of nitrogens with two attached hydrogens (primary N) is 1. The van der Waals surface area contributed by atoms with Crippen LogP contribution in [0.4, 0.5) is 0 Å². The van der Waals surface area contributed by atoms with Crippen LogP contribution in [0, 0.1) is 0 Å². The number of hydrogen-bond acceptors (Lipinski definition) is 4. The first-order chi connectivity index (χ1) is 10.1. The van der Waals surface area contributed by atoms with Crippen LogP contribution in [0.1, 0.15) is 42.8 Å². The number of aromatic nitrogens is 3. The molecule has 1 unspecified atom stereocenters. The van der Waals surface area contributed by atoms with Crippen LogP contribution in [0.25, 0.3) is 0 Å². The fourth-order valence-electron chi connectivity index (χ4n) is 2.78. The quantitative estimate of drug-likeness (QED) is 0.932. The van der Waals surface area contributed by atoms with Crippen LogP contribution < -0.4 is 5.73 Å². The van der Waals surface area contributed by atoms with Gasteiger partial charge < -0.3 is 10.3 Å². The van der Waals surface area contributed by atoms with Gasteiger partial charge in [-0.2, -0.15) is 0 Å². The fraction of sp³-hybridized carbons (Fsp3) is 0.500. The van der Waals surface area contributed by atoms with Crippen molar-refractivity contribution in [2.75, 3.05) is 13.1 Å². The van der Waals surface area contributed by atoms with Gasteiger partial charge >= 0.3 is 0 Å². The molecule has 0 bridgehead atoms. The summed E-state index contributed by atoms with van der Waals surface area (Å²) in [6, 6.07) is 8.74. The van der Waals surface area contributed by atoms with Gasteiger partial charge in [0.25, 0.3) is 0 Å². The van der Waals surface area contributed by atoms with Crippen LogP contribution in [-0.4, -0.2) is 32.8 Å². The summed E-state index contributed by atoms with van der Waals surface area (Å²) in [7, 11) is 0. The predicted octanol–water partition coefficient (Wildman–Crippen LogP) is 1.92. The summed E-state index contributed by atoms with van der Waals surface area (Å²) >= 11 is 0. The Labute approximate surface area is 125 Å². The van der Waals surface area contributed by atoms with Gasteiger partial charge in [0.05, 0.1) is 6.54 Å². The van der Waals surface area contributed by atoms with Gasteiger partial charge in [0, 0.05) is 25.7 Å². The summed E-state index contributed by atoms with van der Waals surface area (Å²) in [5.74, 6) is 1.59. The van der Waals surface area contributed by atoms with Gasteiger partial charge in [-0.05, 0) is 17.0 Å². The van der Waals surface area contributed by atoms with Crippen LogP contribution in [0.2, 0.25) is 0 Å². The monoisotopic (exact) mass is 285 g/mol.